The quantitative estimate of drug-likeness (QED) is 0.837. The highest BCUT2D eigenvalue weighted by molar-refractivity contribution is 5.79. The molecule has 5 nitrogen and oxygen atoms in total. The summed E-state index contributed by atoms with van der Waals surface area (Å²) in [7, 11) is 0. The van der Waals surface area contributed by atoms with Crippen LogP contribution in [-0.2, 0) is 24.4 Å². The third-order valence-electron chi connectivity index (χ3n) is 5.96. The van der Waals surface area contributed by atoms with E-state index in [1.807, 2.05) is 0 Å². The summed E-state index contributed by atoms with van der Waals surface area (Å²) < 4.78 is 2.16. The number of hydrogen-bond acceptors (Lipinski definition) is 3. The van der Waals surface area contributed by atoms with Gasteiger partial charge in [-0.05, 0) is 50.5 Å². The van der Waals surface area contributed by atoms with Crippen LogP contribution in [0.25, 0.3) is 0 Å². The molecule has 1 aromatic rings. The van der Waals surface area contributed by atoms with Crippen molar-refractivity contribution >= 4 is 5.91 Å². The Bertz CT molecular complexity index is 632. The van der Waals surface area contributed by atoms with Gasteiger partial charge in [0.25, 0.3) is 0 Å². The first-order valence-corrected chi connectivity index (χ1v) is 9.98. The van der Waals surface area contributed by atoms with E-state index < -0.39 is 0 Å². The van der Waals surface area contributed by atoms with Crippen molar-refractivity contribution in [3.8, 4) is 0 Å². The largest absolute Gasteiger partial charge is 0.350 e. The van der Waals surface area contributed by atoms with Crippen LogP contribution in [0.3, 0.4) is 0 Å². The molecular weight excluding hydrogens is 312 g/mol. The summed E-state index contributed by atoms with van der Waals surface area (Å²) in [5.41, 5.74) is 2.31. The Hall–Kier alpha value is -1.62. The van der Waals surface area contributed by atoms with Crippen LogP contribution in [0.5, 0.6) is 0 Å². The van der Waals surface area contributed by atoms with Gasteiger partial charge in [-0.15, -0.1) is 0 Å². The average molecular weight is 342 g/mol. The lowest BCUT2D eigenvalue weighted by atomic mass is 9.85. The second-order valence-corrected chi connectivity index (χ2v) is 7.93. The summed E-state index contributed by atoms with van der Waals surface area (Å²) in [5.74, 6) is 1.27. The second kappa shape index (κ2) is 7.73. The van der Waals surface area contributed by atoms with E-state index in [0.717, 1.165) is 50.5 Å². The number of fused-ring (bicyclic) bond motifs is 1. The van der Waals surface area contributed by atoms with Gasteiger partial charge in [0, 0.05) is 32.1 Å². The number of aryl methyl sites for hydroxylation is 1. The third kappa shape index (κ3) is 4.14. The Labute approximate surface area is 150 Å². The zero-order chi connectivity index (χ0) is 17.1. The minimum Gasteiger partial charge on any atom is -0.350 e. The Morgan fingerprint density at radius 1 is 1.20 bits per heavy atom. The molecule has 0 bridgehead atoms. The number of amides is 1. The first-order chi connectivity index (χ1) is 12.3. The fourth-order valence-electron chi connectivity index (χ4n) is 4.21. The summed E-state index contributed by atoms with van der Waals surface area (Å²) in [6.45, 7) is 4.92. The fourth-order valence-corrected chi connectivity index (χ4v) is 4.21. The number of aromatic nitrogens is 2. The lowest BCUT2D eigenvalue weighted by molar-refractivity contribution is -0.127. The maximum absolute atomic E-state index is 12.0. The molecule has 0 aromatic carbocycles. The molecule has 2 aliphatic carbocycles. The number of rotatable bonds is 5. The van der Waals surface area contributed by atoms with E-state index in [1.54, 1.807) is 0 Å². The van der Waals surface area contributed by atoms with Crippen LogP contribution in [0, 0.1) is 11.8 Å². The lowest BCUT2D eigenvalue weighted by Gasteiger charge is -2.26. The van der Waals surface area contributed by atoms with Gasteiger partial charge in [-0.25, -0.2) is 0 Å². The Kier molecular flexibility index (Phi) is 5.20. The van der Waals surface area contributed by atoms with Gasteiger partial charge in [-0.2, -0.15) is 5.10 Å². The highest BCUT2D eigenvalue weighted by Gasteiger charge is 2.25. The van der Waals surface area contributed by atoms with Crippen molar-refractivity contribution in [2.45, 2.75) is 64.6 Å². The molecule has 25 heavy (non-hydrogen) atoms. The number of carbonyl (C=O) groups is 1. The minimum atomic E-state index is 0.210. The molecule has 4 rings (SSSR count). The van der Waals surface area contributed by atoms with E-state index in [9.17, 15) is 4.79 Å². The van der Waals surface area contributed by atoms with Gasteiger partial charge in [0.05, 0.1) is 17.9 Å². The molecule has 0 radical (unpaired) electrons. The second-order valence-electron chi connectivity index (χ2n) is 7.93. The average Bonchev–Trinajstić information content (AvgIpc) is 2.85. The summed E-state index contributed by atoms with van der Waals surface area (Å²) in [4.78, 5) is 14.6. The molecule has 136 valence electrons. The van der Waals surface area contributed by atoms with Crippen molar-refractivity contribution < 1.29 is 4.79 Å². The number of hydrogen-bond donors (Lipinski definition) is 1. The van der Waals surface area contributed by atoms with Crippen LogP contribution in [0.2, 0.25) is 0 Å². The third-order valence-corrected chi connectivity index (χ3v) is 5.96. The van der Waals surface area contributed by atoms with Crippen molar-refractivity contribution in [3.63, 3.8) is 0 Å². The predicted octanol–water partition coefficient (Wildman–Crippen LogP) is 2.86. The molecule has 2 heterocycles. The van der Waals surface area contributed by atoms with E-state index in [1.165, 1.54) is 37.9 Å². The molecular formula is C20H30N4O. The van der Waals surface area contributed by atoms with Crippen LogP contribution in [0.1, 0.15) is 56.3 Å². The topological polar surface area (TPSA) is 50.2 Å². The smallest absolute Gasteiger partial charge is 0.223 e. The first kappa shape index (κ1) is 16.8. The van der Waals surface area contributed by atoms with Gasteiger partial charge in [0.1, 0.15) is 0 Å². The zero-order valence-corrected chi connectivity index (χ0v) is 15.1. The number of carbonyl (C=O) groups excluding carboxylic acids is 1. The van der Waals surface area contributed by atoms with Gasteiger partial charge < -0.3 is 5.32 Å². The minimum absolute atomic E-state index is 0.210. The van der Waals surface area contributed by atoms with Gasteiger partial charge in [0.2, 0.25) is 5.91 Å². The van der Waals surface area contributed by atoms with Crippen LogP contribution >= 0.6 is 0 Å². The van der Waals surface area contributed by atoms with Crippen molar-refractivity contribution in [1.29, 1.82) is 0 Å². The van der Waals surface area contributed by atoms with Gasteiger partial charge in [0.15, 0.2) is 0 Å². The zero-order valence-electron chi connectivity index (χ0n) is 15.1. The molecule has 1 saturated carbocycles. The fraction of sp³-hybridized carbons (Fsp3) is 0.700. The van der Waals surface area contributed by atoms with Crippen LogP contribution in [0.4, 0.5) is 0 Å². The lowest BCUT2D eigenvalue weighted by Crippen LogP contribution is -2.34. The van der Waals surface area contributed by atoms with E-state index in [2.05, 4.69) is 33.1 Å². The summed E-state index contributed by atoms with van der Waals surface area (Å²) in [6.07, 6.45) is 12.9. The summed E-state index contributed by atoms with van der Waals surface area (Å²) in [6, 6.07) is 2.19. The predicted molar refractivity (Wildman–Crippen MR) is 97.8 cm³/mol. The monoisotopic (exact) mass is 342 g/mol. The maximum atomic E-state index is 12.0. The Morgan fingerprint density at radius 2 is 2.12 bits per heavy atom. The van der Waals surface area contributed by atoms with Crippen molar-refractivity contribution in [2.75, 3.05) is 13.1 Å². The molecule has 0 unspecified atom stereocenters. The van der Waals surface area contributed by atoms with Crippen molar-refractivity contribution in [3.05, 3.63) is 29.6 Å². The maximum Gasteiger partial charge on any atom is 0.223 e. The Balaban J connectivity index is 1.33. The number of nitrogens with zero attached hydrogens (tertiary/aromatic N) is 3. The molecule has 1 fully saturated rings. The number of nitrogens with one attached hydrogen (secondary N) is 1. The van der Waals surface area contributed by atoms with Gasteiger partial charge >= 0.3 is 0 Å². The molecule has 1 aromatic heterocycles. The molecule has 1 aliphatic heterocycles. The van der Waals surface area contributed by atoms with Crippen molar-refractivity contribution in [1.82, 2.24) is 20.0 Å². The number of allylic oxidation sites excluding steroid dienone is 2. The highest BCUT2D eigenvalue weighted by Crippen LogP contribution is 2.26. The van der Waals surface area contributed by atoms with Crippen LogP contribution in [0.15, 0.2) is 18.2 Å². The summed E-state index contributed by atoms with van der Waals surface area (Å²) >= 11 is 0. The molecule has 0 saturated heterocycles. The van der Waals surface area contributed by atoms with E-state index in [0.29, 0.717) is 6.54 Å². The molecule has 1 N–H and O–H groups in total. The molecule has 1 amide bonds. The van der Waals surface area contributed by atoms with E-state index in [-0.39, 0.29) is 11.8 Å². The van der Waals surface area contributed by atoms with Crippen LogP contribution < -0.4 is 5.32 Å². The normalized spacial score (nSPS) is 24.4. The highest BCUT2D eigenvalue weighted by atomic mass is 16.1. The standard InChI is InChI=1S/C20H30N4O/c25-20(17-8-4-9-17)21-13-18-12-19-15-23(10-5-11-24(19)22-18)14-16-6-2-1-3-7-16/h1-2,12,16-17H,3-11,13-15H2,(H,21,25)/t16-/m1/s1. The first-order valence-electron chi connectivity index (χ1n) is 9.98. The van der Waals surface area contributed by atoms with E-state index in [4.69, 9.17) is 5.10 Å². The molecule has 1 atom stereocenters. The van der Waals surface area contributed by atoms with Gasteiger partial charge in [-0.1, -0.05) is 18.6 Å². The Morgan fingerprint density at radius 3 is 2.88 bits per heavy atom. The van der Waals surface area contributed by atoms with Gasteiger partial charge in [-0.3, -0.25) is 14.4 Å². The van der Waals surface area contributed by atoms with E-state index >= 15 is 0 Å². The van der Waals surface area contributed by atoms with Crippen LogP contribution in [-0.4, -0.2) is 33.7 Å². The van der Waals surface area contributed by atoms with Crippen molar-refractivity contribution in [2.24, 2.45) is 11.8 Å². The SMILES string of the molecule is O=C(NCc1cc2n(n1)CCCN(C[C@@H]1CC=CCC1)C2)C1CCC1. The molecule has 3 aliphatic rings. The molecule has 0 spiro atoms. The summed E-state index contributed by atoms with van der Waals surface area (Å²) in [5, 5.41) is 7.80. The molecule has 5 heteroatoms.